The van der Waals surface area contributed by atoms with Crippen LogP contribution in [0.4, 0.5) is 0 Å². The molecule has 0 radical (unpaired) electrons. The Labute approximate surface area is 119 Å². The highest BCUT2D eigenvalue weighted by molar-refractivity contribution is 5.83. The number of benzene rings is 1. The topological polar surface area (TPSA) is 43.6 Å². The summed E-state index contributed by atoms with van der Waals surface area (Å²) in [6.45, 7) is 6.95. The van der Waals surface area contributed by atoms with Crippen LogP contribution in [-0.4, -0.2) is 26.9 Å². The molecule has 1 saturated heterocycles. The molecule has 0 spiro atoms. The third-order valence-corrected chi connectivity index (χ3v) is 3.91. The van der Waals surface area contributed by atoms with Gasteiger partial charge in [0.25, 0.3) is 0 Å². The Balaban J connectivity index is 1.75. The normalized spacial score (nSPS) is 18.8. The average Bonchev–Trinajstić information content (AvgIpc) is 2.86. The molecule has 108 valence electrons. The van der Waals surface area contributed by atoms with Gasteiger partial charge in [-0.25, -0.2) is 0 Å². The molecule has 1 fully saturated rings. The number of rotatable bonds is 5. The van der Waals surface area contributed by atoms with Gasteiger partial charge in [0.1, 0.15) is 5.76 Å². The minimum Gasteiger partial charge on any atom is -0.493 e. The molecule has 0 saturated carbocycles. The van der Waals surface area contributed by atoms with E-state index in [9.17, 15) is 0 Å². The zero-order valence-electron chi connectivity index (χ0n) is 12.2. The van der Waals surface area contributed by atoms with Gasteiger partial charge >= 0.3 is 0 Å². The zero-order valence-corrected chi connectivity index (χ0v) is 12.2. The number of ether oxygens (including phenoxy) is 2. The Hall–Kier alpha value is -1.52. The number of hydrogen-bond acceptors (Lipinski definition) is 4. The average molecular weight is 275 g/mol. The van der Waals surface area contributed by atoms with Crippen LogP contribution in [0.5, 0.6) is 5.75 Å². The van der Waals surface area contributed by atoms with E-state index in [0.29, 0.717) is 0 Å². The maximum absolute atomic E-state index is 5.95. The van der Waals surface area contributed by atoms with Crippen molar-refractivity contribution in [1.29, 1.82) is 0 Å². The van der Waals surface area contributed by atoms with Crippen molar-refractivity contribution >= 4 is 11.0 Å². The van der Waals surface area contributed by atoms with Crippen LogP contribution in [0.25, 0.3) is 11.0 Å². The summed E-state index contributed by atoms with van der Waals surface area (Å²) in [7, 11) is 1.66. The zero-order chi connectivity index (χ0) is 14.2. The van der Waals surface area contributed by atoms with Crippen molar-refractivity contribution in [2.24, 2.45) is 5.41 Å². The van der Waals surface area contributed by atoms with Crippen molar-refractivity contribution < 1.29 is 13.9 Å². The van der Waals surface area contributed by atoms with E-state index in [0.717, 1.165) is 42.2 Å². The van der Waals surface area contributed by atoms with Crippen LogP contribution in [0, 0.1) is 5.41 Å². The summed E-state index contributed by atoms with van der Waals surface area (Å²) in [4.78, 5) is 0. The van der Waals surface area contributed by atoms with Gasteiger partial charge in [-0.2, -0.15) is 0 Å². The number of furan rings is 1. The molecule has 2 heterocycles. The number of methoxy groups -OCH3 is 1. The summed E-state index contributed by atoms with van der Waals surface area (Å²) < 4.78 is 16.6. The van der Waals surface area contributed by atoms with Crippen LogP contribution in [0.15, 0.2) is 28.7 Å². The van der Waals surface area contributed by atoms with Gasteiger partial charge in [0.2, 0.25) is 0 Å². The smallest absolute Gasteiger partial charge is 0.176 e. The molecule has 4 nitrogen and oxygen atoms in total. The molecule has 1 aromatic carbocycles. The van der Waals surface area contributed by atoms with E-state index in [2.05, 4.69) is 25.2 Å². The lowest BCUT2D eigenvalue weighted by molar-refractivity contribution is -0.100. The molecule has 1 aliphatic heterocycles. The molecule has 1 N–H and O–H groups in total. The van der Waals surface area contributed by atoms with Gasteiger partial charge < -0.3 is 19.2 Å². The summed E-state index contributed by atoms with van der Waals surface area (Å²) in [5, 5.41) is 4.60. The van der Waals surface area contributed by atoms with Gasteiger partial charge in [-0.3, -0.25) is 0 Å². The second kappa shape index (κ2) is 5.11. The van der Waals surface area contributed by atoms with Crippen LogP contribution in [-0.2, 0) is 4.74 Å². The first kappa shape index (κ1) is 13.5. The van der Waals surface area contributed by atoms with Crippen molar-refractivity contribution in [1.82, 2.24) is 5.32 Å². The molecule has 0 bridgehead atoms. The number of nitrogens with one attached hydrogen (secondary N) is 1. The molecule has 0 aliphatic carbocycles. The molecule has 2 aromatic rings. The summed E-state index contributed by atoms with van der Waals surface area (Å²) in [6, 6.07) is 8.18. The van der Waals surface area contributed by atoms with Crippen molar-refractivity contribution in [3.05, 3.63) is 30.0 Å². The first-order valence-corrected chi connectivity index (χ1v) is 6.99. The molecule has 0 amide bonds. The van der Waals surface area contributed by atoms with E-state index in [1.54, 1.807) is 7.11 Å². The van der Waals surface area contributed by atoms with Crippen molar-refractivity contribution in [3.8, 4) is 5.75 Å². The van der Waals surface area contributed by atoms with Gasteiger partial charge in [-0.1, -0.05) is 19.1 Å². The molecule has 4 heteroatoms. The quantitative estimate of drug-likeness (QED) is 0.910. The predicted molar refractivity (Wildman–Crippen MR) is 78.1 cm³/mol. The van der Waals surface area contributed by atoms with Crippen LogP contribution < -0.4 is 10.1 Å². The summed E-state index contributed by atoms with van der Waals surface area (Å²) >= 11 is 0. The highest BCUT2D eigenvalue weighted by Crippen LogP contribution is 2.31. The van der Waals surface area contributed by atoms with Gasteiger partial charge in [-0.15, -0.1) is 0 Å². The van der Waals surface area contributed by atoms with E-state index < -0.39 is 0 Å². The van der Waals surface area contributed by atoms with Crippen LogP contribution in [0.2, 0.25) is 0 Å². The maximum atomic E-state index is 5.95. The fourth-order valence-corrected chi connectivity index (χ4v) is 2.48. The molecule has 1 atom stereocenters. The van der Waals surface area contributed by atoms with Gasteiger partial charge in [0.15, 0.2) is 11.3 Å². The number of fused-ring (bicyclic) bond motifs is 1. The molecule has 20 heavy (non-hydrogen) atoms. The van der Waals surface area contributed by atoms with E-state index in [-0.39, 0.29) is 11.5 Å². The summed E-state index contributed by atoms with van der Waals surface area (Å²) in [6.07, 6.45) is 0. The highest BCUT2D eigenvalue weighted by Gasteiger charge is 2.33. The molecular formula is C16H21NO3. The van der Waals surface area contributed by atoms with Crippen molar-refractivity contribution in [2.45, 2.75) is 19.9 Å². The first-order valence-electron chi connectivity index (χ1n) is 6.99. The van der Waals surface area contributed by atoms with E-state index >= 15 is 0 Å². The van der Waals surface area contributed by atoms with Crippen LogP contribution in [0.1, 0.15) is 25.6 Å². The third-order valence-electron chi connectivity index (χ3n) is 3.91. The Morgan fingerprint density at radius 2 is 2.20 bits per heavy atom. The molecule has 1 aliphatic rings. The Bertz CT molecular complexity index is 601. The lowest BCUT2D eigenvalue weighted by Crippen LogP contribution is -2.47. The van der Waals surface area contributed by atoms with E-state index in [4.69, 9.17) is 13.9 Å². The first-order chi connectivity index (χ1) is 9.61. The van der Waals surface area contributed by atoms with Crippen molar-refractivity contribution in [2.75, 3.05) is 26.9 Å². The molecule has 1 unspecified atom stereocenters. The van der Waals surface area contributed by atoms with Crippen LogP contribution in [0.3, 0.4) is 0 Å². The predicted octanol–water partition coefficient (Wildman–Crippen LogP) is 3.13. The minimum absolute atomic E-state index is 0.171. The van der Waals surface area contributed by atoms with E-state index in [1.807, 2.05) is 18.2 Å². The second-order valence-electron chi connectivity index (χ2n) is 5.93. The molecule has 3 rings (SSSR count). The monoisotopic (exact) mass is 275 g/mol. The summed E-state index contributed by atoms with van der Waals surface area (Å²) in [5.41, 5.74) is 1.08. The standard InChI is InChI=1S/C16H21NO3/c1-11(17-8-16(2)9-19-10-16)14-7-12-5-4-6-13(18-3)15(12)20-14/h4-7,11,17H,8-10H2,1-3H3. The Morgan fingerprint density at radius 3 is 2.85 bits per heavy atom. The number of hydrogen-bond donors (Lipinski definition) is 1. The number of para-hydroxylation sites is 1. The lowest BCUT2D eigenvalue weighted by atomic mass is 9.88. The third kappa shape index (κ3) is 2.41. The highest BCUT2D eigenvalue weighted by atomic mass is 16.5. The lowest BCUT2D eigenvalue weighted by Gasteiger charge is -2.38. The SMILES string of the molecule is COc1cccc2cc(C(C)NCC3(C)COC3)oc12. The van der Waals surface area contributed by atoms with Gasteiger partial charge in [0, 0.05) is 17.3 Å². The fraction of sp³-hybridized carbons (Fsp3) is 0.500. The maximum Gasteiger partial charge on any atom is 0.176 e. The van der Waals surface area contributed by atoms with Crippen molar-refractivity contribution in [3.63, 3.8) is 0 Å². The van der Waals surface area contributed by atoms with Crippen LogP contribution >= 0.6 is 0 Å². The minimum atomic E-state index is 0.171. The largest absolute Gasteiger partial charge is 0.493 e. The van der Waals surface area contributed by atoms with Gasteiger partial charge in [-0.05, 0) is 19.1 Å². The molecular weight excluding hydrogens is 254 g/mol. The molecule has 1 aromatic heterocycles. The summed E-state index contributed by atoms with van der Waals surface area (Å²) in [5.74, 6) is 1.72. The second-order valence-corrected chi connectivity index (χ2v) is 5.93. The fourth-order valence-electron chi connectivity index (χ4n) is 2.48. The Morgan fingerprint density at radius 1 is 1.40 bits per heavy atom. The van der Waals surface area contributed by atoms with E-state index in [1.165, 1.54) is 0 Å². The Kier molecular flexibility index (Phi) is 3.44. The van der Waals surface area contributed by atoms with Gasteiger partial charge in [0.05, 0.1) is 26.4 Å².